The lowest BCUT2D eigenvalue weighted by molar-refractivity contribution is -0.139. The number of benzene rings is 3. The molecule has 0 spiro atoms. The van der Waals surface area contributed by atoms with E-state index in [0.717, 1.165) is 16.7 Å². The highest BCUT2D eigenvalue weighted by molar-refractivity contribution is 6.31. The molecule has 0 aliphatic rings. The Kier molecular flexibility index (Phi) is 8.83. The van der Waals surface area contributed by atoms with Gasteiger partial charge in [0, 0.05) is 27.7 Å². The molecule has 212 valence electrons. The standard InChI is InChI=1S/C34H35ClN2O4/c1-19(2)16-27(34(40)41)30-29(24-13-15-28(35)22(5)17-24)23(6)37(26-14-12-20(3)21(4)18-26)33(39)31(30)32(38)36-25-10-8-7-9-11-25/h7-15,17-19,27H,16H2,1-6H3,(H,36,38)(H,40,41). The van der Waals surface area contributed by atoms with Crippen LogP contribution >= 0.6 is 11.6 Å². The Hall–Kier alpha value is -4.16. The number of amides is 1. The maximum absolute atomic E-state index is 14.4. The Balaban J connectivity index is 2.18. The summed E-state index contributed by atoms with van der Waals surface area (Å²) in [5.74, 6) is -2.86. The molecule has 1 unspecified atom stereocenters. The number of carboxylic acid groups (broad SMARTS) is 1. The Bertz CT molecular complexity index is 1690. The van der Waals surface area contributed by atoms with E-state index in [2.05, 4.69) is 5.32 Å². The van der Waals surface area contributed by atoms with Crippen LogP contribution in [0, 0.1) is 33.6 Å². The van der Waals surface area contributed by atoms with E-state index in [9.17, 15) is 19.5 Å². The fourth-order valence-electron chi connectivity index (χ4n) is 5.25. The molecule has 0 bridgehead atoms. The number of hydrogen-bond acceptors (Lipinski definition) is 3. The number of aryl methyl sites for hydroxylation is 3. The minimum Gasteiger partial charge on any atom is -0.481 e. The third kappa shape index (κ3) is 6.13. The lowest BCUT2D eigenvalue weighted by atomic mass is 9.81. The molecule has 6 nitrogen and oxygen atoms in total. The summed E-state index contributed by atoms with van der Waals surface area (Å²) in [4.78, 5) is 41.4. The molecule has 0 aliphatic carbocycles. The highest BCUT2D eigenvalue weighted by Gasteiger charge is 2.34. The second-order valence-electron chi connectivity index (χ2n) is 11.0. The largest absolute Gasteiger partial charge is 0.481 e. The van der Waals surface area contributed by atoms with Crippen LogP contribution in [0.4, 0.5) is 5.69 Å². The number of pyridine rings is 1. The Morgan fingerprint density at radius 3 is 2.17 bits per heavy atom. The van der Waals surface area contributed by atoms with Crippen LogP contribution in [0.2, 0.25) is 5.02 Å². The smallest absolute Gasteiger partial charge is 0.311 e. The monoisotopic (exact) mass is 570 g/mol. The van der Waals surface area contributed by atoms with E-state index in [1.165, 1.54) is 4.57 Å². The van der Waals surface area contributed by atoms with Crippen LogP contribution in [-0.4, -0.2) is 21.6 Å². The quantitative estimate of drug-likeness (QED) is 0.226. The first kappa shape index (κ1) is 29.8. The normalized spacial score (nSPS) is 11.9. The summed E-state index contributed by atoms with van der Waals surface area (Å²) in [7, 11) is 0. The minimum atomic E-state index is -1.10. The maximum atomic E-state index is 14.4. The third-order valence-corrected chi connectivity index (χ3v) is 7.88. The predicted octanol–water partition coefficient (Wildman–Crippen LogP) is 7.86. The molecule has 1 atom stereocenters. The molecule has 7 heteroatoms. The lowest BCUT2D eigenvalue weighted by Gasteiger charge is -2.26. The van der Waals surface area contributed by atoms with Gasteiger partial charge in [-0.1, -0.05) is 55.8 Å². The average molecular weight is 571 g/mol. The van der Waals surface area contributed by atoms with Gasteiger partial charge in [-0.25, -0.2) is 0 Å². The topological polar surface area (TPSA) is 88.4 Å². The van der Waals surface area contributed by atoms with Crippen molar-refractivity contribution in [1.82, 2.24) is 4.57 Å². The van der Waals surface area contributed by atoms with Gasteiger partial charge in [0.15, 0.2) is 0 Å². The minimum absolute atomic E-state index is 0.0107. The zero-order valence-electron chi connectivity index (χ0n) is 24.2. The highest BCUT2D eigenvalue weighted by atomic mass is 35.5. The summed E-state index contributed by atoms with van der Waals surface area (Å²) < 4.78 is 1.52. The van der Waals surface area contributed by atoms with Gasteiger partial charge in [0.1, 0.15) is 5.56 Å². The molecule has 0 fully saturated rings. The van der Waals surface area contributed by atoms with E-state index < -0.39 is 23.4 Å². The zero-order chi connectivity index (χ0) is 30.0. The van der Waals surface area contributed by atoms with Gasteiger partial charge in [-0.3, -0.25) is 19.0 Å². The van der Waals surface area contributed by atoms with Gasteiger partial charge in [0.25, 0.3) is 11.5 Å². The van der Waals surface area contributed by atoms with Gasteiger partial charge in [-0.2, -0.15) is 0 Å². The van der Waals surface area contributed by atoms with Crippen molar-refractivity contribution >= 4 is 29.2 Å². The fourth-order valence-corrected chi connectivity index (χ4v) is 5.37. The molecule has 0 aliphatic heterocycles. The molecule has 3 aromatic carbocycles. The van der Waals surface area contributed by atoms with Crippen LogP contribution in [0.3, 0.4) is 0 Å². The van der Waals surface area contributed by atoms with Crippen molar-refractivity contribution in [3.63, 3.8) is 0 Å². The van der Waals surface area contributed by atoms with Crippen molar-refractivity contribution in [1.29, 1.82) is 0 Å². The first-order valence-corrected chi connectivity index (χ1v) is 14.0. The summed E-state index contributed by atoms with van der Waals surface area (Å²) in [6.45, 7) is 11.5. The number of nitrogens with zero attached hydrogens (tertiary/aromatic N) is 1. The number of carboxylic acids is 1. The number of rotatable bonds is 8. The molecular formula is C34H35ClN2O4. The summed E-state index contributed by atoms with van der Waals surface area (Å²) >= 11 is 6.37. The van der Waals surface area contributed by atoms with E-state index in [0.29, 0.717) is 33.2 Å². The van der Waals surface area contributed by atoms with Crippen LogP contribution in [0.25, 0.3) is 16.8 Å². The number of hydrogen-bond donors (Lipinski definition) is 2. The third-order valence-electron chi connectivity index (χ3n) is 7.46. The highest BCUT2D eigenvalue weighted by Crippen LogP contribution is 2.39. The molecule has 1 amide bonds. The number of halogens is 1. The van der Waals surface area contributed by atoms with Gasteiger partial charge >= 0.3 is 5.97 Å². The van der Waals surface area contributed by atoms with Gasteiger partial charge in [0.2, 0.25) is 0 Å². The molecular weight excluding hydrogens is 536 g/mol. The van der Waals surface area contributed by atoms with Crippen LogP contribution < -0.4 is 10.9 Å². The van der Waals surface area contributed by atoms with Crippen molar-refractivity contribution in [2.24, 2.45) is 5.92 Å². The van der Waals surface area contributed by atoms with E-state index in [4.69, 9.17) is 11.6 Å². The van der Waals surface area contributed by atoms with Crippen LogP contribution in [0.15, 0.2) is 71.5 Å². The first-order valence-electron chi connectivity index (χ1n) is 13.6. The Morgan fingerprint density at radius 1 is 0.902 bits per heavy atom. The number of nitrogens with one attached hydrogen (secondary N) is 1. The van der Waals surface area contributed by atoms with Crippen molar-refractivity contribution in [3.05, 3.63) is 116 Å². The summed E-state index contributed by atoms with van der Waals surface area (Å²) in [6.07, 6.45) is 0.243. The number of anilines is 1. The van der Waals surface area contributed by atoms with E-state index in [1.54, 1.807) is 37.3 Å². The van der Waals surface area contributed by atoms with Crippen molar-refractivity contribution in [2.45, 2.75) is 53.9 Å². The molecule has 1 aromatic heterocycles. The van der Waals surface area contributed by atoms with Crippen LogP contribution in [0.1, 0.15) is 64.5 Å². The lowest BCUT2D eigenvalue weighted by Crippen LogP contribution is -2.34. The first-order chi connectivity index (χ1) is 19.4. The van der Waals surface area contributed by atoms with Gasteiger partial charge in [-0.05, 0) is 104 Å². The van der Waals surface area contributed by atoms with E-state index in [1.807, 2.05) is 71.0 Å². The molecule has 4 rings (SSSR count). The van der Waals surface area contributed by atoms with E-state index in [-0.39, 0.29) is 23.5 Å². The molecule has 0 saturated carbocycles. The maximum Gasteiger partial charge on any atom is 0.311 e. The Morgan fingerprint density at radius 2 is 1.59 bits per heavy atom. The van der Waals surface area contributed by atoms with Gasteiger partial charge in [-0.15, -0.1) is 0 Å². The van der Waals surface area contributed by atoms with Crippen molar-refractivity contribution in [2.75, 3.05) is 5.32 Å². The Labute approximate surface area is 245 Å². The average Bonchev–Trinajstić information content (AvgIpc) is 2.91. The molecule has 0 saturated heterocycles. The molecule has 2 N–H and O–H groups in total. The van der Waals surface area contributed by atoms with Gasteiger partial charge < -0.3 is 10.4 Å². The van der Waals surface area contributed by atoms with Crippen molar-refractivity contribution in [3.8, 4) is 16.8 Å². The predicted molar refractivity (Wildman–Crippen MR) is 166 cm³/mol. The zero-order valence-corrected chi connectivity index (χ0v) is 25.0. The van der Waals surface area contributed by atoms with Crippen LogP contribution in [0.5, 0.6) is 0 Å². The molecule has 1 heterocycles. The summed E-state index contributed by atoms with van der Waals surface area (Å²) in [5, 5.41) is 13.9. The number of para-hydroxylation sites is 1. The SMILES string of the molecule is Cc1ccc(-n2c(C)c(-c3ccc(Cl)c(C)c3)c(C(CC(C)C)C(=O)O)c(C(=O)Nc3ccccc3)c2=O)cc1C. The molecule has 0 radical (unpaired) electrons. The number of carbonyl (C=O) groups is 2. The molecule has 41 heavy (non-hydrogen) atoms. The molecule has 4 aromatic rings. The second kappa shape index (κ2) is 12.1. The van der Waals surface area contributed by atoms with Crippen molar-refractivity contribution < 1.29 is 14.7 Å². The second-order valence-corrected chi connectivity index (χ2v) is 11.4. The summed E-state index contributed by atoms with van der Waals surface area (Å²) in [6, 6.07) is 19.9. The van der Waals surface area contributed by atoms with E-state index >= 15 is 0 Å². The van der Waals surface area contributed by atoms with Gasteiger partial charge in [0.05, 0.1) is 5.92 Å². The van der Waals surface area contributed by atoms with Crippen LogP contribution in [-0.2, 0) is 4.79 Å². The summed E-state index contributed by atoms with van der Waals surface area (Å²) in [5.41, 5.74) is 5.16. The number of carbonyl (C=O) groups excluding carboxylic acids is 1. The number of aliphatic carboxylic acids is 1. The number of aromatic nitrogens is 1. The fraction of sp³-hybridized carbons (Fsp3) is 0.265.